The Hall–Kier alpha value is -2.63. The third kappa shape index (κ3) is 1.87. The number of hydrogen-bond acceptors (Lipinski definition) is 5. The van der Waals surface area contributed by atoms with Crippen molar-refractivity contribution in [2.24, 2.45) is 0 Å². The molecule has 96 valence electrons. The van der Waals surface area contributed by atoms with Gasteiger partial charge in [0, 0.05) is 5.39 Å². The Labute approximate surface area is 109 Å². The van der Waals surface area contributed by atoms with Crippen LogP contribution in [0.4, 0.5) is 5.69 Å². The molecule has 0 aliphatic heterocycles. The summed E-state index contributed by atoms with van der Waals surface area (Å²) in [7, 11) is 0. The van der Waals surface area contributed by atoms with Crippen LogP contribution in [0.5, 0.6) is 5.88 Å². The Morgan fingerprint density at radius 2 is 2.11 bits per heavy atom. The molecule has 0 fully saturated rings. The summed E-state index contributed by atoms with van der Waals surface area (Å²) in [5, 5.41) is 5.34. The highest BCUT2D eigenvalue weighted by Crippen LogP contribution is 2.25. The smallest absolute Gasteiger partial charge is 0.242 e. The molecule has 1 aromatic carbocycles. The van der Waals surface area contributed by atoms with E-state index >= 15 is 0 Å². The lowest BCUT2D eigenvalue weighted by Gasteiger charge is -2.09. The number of anilines is 1. The van der Waals surface area contributed by atoms with Gasteiger partial charge in [0.05, 0.1) is 18.3 Å². The molecular formula is C13H13N5O. The summed E-state index contributed by atoms with van der Waals surface area (Å²) in [6, 6.07) is 7.86. The van der Waals surface area contributed by atoms with E-state index < -0.39 is 0 Å². The fraction of sp³-hybridized carbons (Fsp3) is 0.154. The van der Waals surface area contributed by atoms with Crippen molar-refractivity contribution in [2.75, 3.05) is 12.3 Å². The Balaban J connectivity index is 2.19. The number of para-hydroxylation sites is 1. The number of benzene rings is 1. The SMILES string of the molecule is CCOc1ncnc(-n2ncc3ccccc32)c1N. The summed E-state index contributed by atoms with van der Waals surface area (Å²) in [6.07, 6.45) is 3.20. The van der Waals surface area contributed by atoms with E-state index in [0.29, 0.717) is 24.0 Å². The fourth-order valence-corrected chi connectivity index (χ4v) is 1.93. The monoisotopic (exact) mass is 255 g/mol. The molecule has 3 aromatic rings. The second-order valence-corrected chi connectivity index (χ2v) is 3.96. The Morgan fingerprint density at radius 1 is 1.26 bits per heavy atom. The van der Waals surface area contributed by atoms with Gasteiger partial charge in [0.1, 0.15) is 12.0 Å². The van der Waals surface area contributed by atoms with Crippen LogP contribution >= 0.6 is 0 Å². The van der Waals surface area contributed by atoms with Crippen molar-refractivity contribution in [1.82, 2.24) is 19.7 Å². The van der Waals surface area contributed by atoms with E-state index in [1.54, 1.807) is 10.9 Å². The minimum absolute atomic E-state index is 0.382. The van der Waals surface area contributed by atoms with E-state index in [0.717, 1.165) is 10.9 Å². The van der Waals surface area contributed by atoms with Gasteiger partial charge in [-0.1, -0.05) is 18.2 Å². The summed E-state index contributed by atoms with van der Waals surface area (Å²) >= 11 is 0. The summed E-state index contributed by atoms with van der Waals surface area (Å²) in [6.45, 7) is 2.38. The first kappa shape index (κ1) is 11.5. The highest BCUT2D eigenvalue weighted by molar-refractivity contribution is 5.81. The standard InChI is InChI=1S/C13H13N5O/c1-2-19-13-11(14)12(15-8-16-13)18-10-6-4-3-5-9(10)7-17-18/h3-8H,2,14H2,1H3. The molecule has 2 N–H and O–H groups in total. The summed E-state index contributed by atoms with van der Waals surface area (Å²) in [4.78, 5) is 8.22. The third-order valence-corrected chi connectivity index (χ3v) is 2.79. The Bertz CT molecular complexity index is 722. The maximum atomic E-state index is 6.04. The molecule has 3 rings (SSSR count). The number of hydrogen-bond donors (Lipinski definition) is 1. The third-order valence-electron chi connectivity index (χ3n) is 2.79. The molecule has 0 radical (unpaired) electrons. The predicted octanol–water partition coefficient (Wildman–Crippen LogP) is 1.80. The highest BCUT2D eigenvalue weighted by Gasteiger charge is 2.13. The number of rotatable bonds is 3. The van der Waals surface area contributed by atoms with Crippen LogP contribution in [0.3, 0.4) is 0 Å². The maximum Gasteiger partial charge on any atom is 0.242 e. The molecule has 2 aromatic heterocycles. The quantitative estimate of drug-likeness (QED) is 0.772. The van der Waals surface area contributed by atoms with Gasteiger partial charge in [-0.2, -0.15) is 10.1 Å². The molecule has 0 bridgehead atoms. The van der Waals surface area contributed by atoms with Crippen molar-refractivity contribution < 1.29 is 4.74 Å². The zero-order valence-corrected chi connectivity index (χ0v) is 10.4. The number of nitrogens with two attached hydrogens (primary N) is 1. The molecule has 6 heteroatoms. The number of nitrogen functional groups attached to an aromatic ring is 1. The summed E-state index contributed by atoms with van der Waals surface area (Å²) < 4.78 is 7.06. The molecule has 19 heavy (non-hydrogen) atoms. The van der Waals surface area contributed by atoms with Crippen LogP contribution in [0, 0.1) is 0 Å². The van der Waals surface area contributed by atoms with Gasteiger partial charge in [0.25, 0.3) is 0 Å². The second kappa shape index (κ2) is 4.56. The van der Waals surface area contributed by atoms with Gasteiger partial charge < -0.3 is 10.5 Å². The largest absolute Gasteiger partial charge is 0.476 e. The molecule has 0 saturated carbocycles. The van der Waals surface area contributed by atoms with E-state index in [2.05, 4.69) is 15.1 Å². The van der Waals surface area contributed by atoms with Crippen molar-refractivity contribution in [3.05, 3.63) is 36.8 Å². The van der Waals surface area contributed by atoms with Gasteiger partial charge in [-0.15, -0.1) is 0 Å². The lowest BCUT2D eigenvalue weighted by Crippen LogP contribution is -2.08. The van der Waals surface area contributed by atoms with Crippen LogP contribution in [0.25, 0.3) is 16.7 Å². The van der Waals surface area contributed by atoms with Crippen molar-refractivity contribution in [2.45, 2.75) is 6.92 Å². The number of aromatic nitrogens is 4. The first-order chi connectivity index (χ1) is 9.31. The van der Waals surface area contributed by atoms with Crippen LogP contribution in [0.15, 0.2) is 36.8 Å². The van der Waals surface area contributed by atoms with Crippen LogP contribution in [0.2, 0.25) is 0 Å². The Kier molecular flexibility index (Phi) is 2.75. The normalized spacial score (nSPS) is 10.8. The van der Waals surface area contributed by atoms with Gasteiger partial charge >= 0.3 is 0 Å². The minimum Gasteiger partial charge on any atom is -0.476 e. The average molecular weight is 255 g/mol. The highest BCUT2D eigenvalue weighted by atomic mass is 16.5. The zero-order valence-electron chi connectivity index (χ0n) is 10.4. The van der Waals surface area contributed by atoms with Crippen molar-refractivity contribution in [1.29, 1.82) is 0 Å². The zero-order chi connectivity index (χ0) is 13.2. The van der Waals surface area contributed by atoms with Gasteiger partial charge in [0.2, 0.25) is 5.88 Å². The minimum atomic E-state index is 0.382. The molecule has 0 aliphatic rings. The maximum absolute atomic E-state index is 6.04. The van der Waals surface area contributed by atoms with Gasteiger partial charge in [-0.25, -0.2) is 9.67 Å². The van der Waals surface area contributed by atoms with Crippen LogP contribution < -0.4 is 10.5 Å². The van der Waals surface area contributed by atoms with Gasteiger partial charge in [0.15, 0.2) is 5.82 Å². The molecule has 0 saturated heterocycles. The van der Waals surface area contributed by atoms with E-state index in [9.17, 15) is 0 Å². The van der Waals surface area contributed by atoms with E-state index in [1.165, 1.54) is 6.33 Å². The molecule has 0 aliphatic carbocycles. The fourth-order valence-electron chi connectivity index (χ4n) is 1.93. The van der Waals surface area contributed by atoms with Crippen molar-refractivity contribution in [3.8, 4) is 11.7 Å². The first-order valence-corrected chi connectivity index (χ1v) is 5.97. The lowest BCUT2D eigenvalue weighted by atomic mass is 10.2. The van der Waals surface area contributed by atoms with Crippen molar-refractivity contribution in [3.63, 3.8) is 0 Å². The molecular weight excluding hydrogens is 242 g/mol. The Morgan fingerprint density at radius 3 is 2.95 bits per heavy atom. The van der Waals surface area contributed by atoms with E-state index in [1.807, 2.05) is 31.2 Å². The number of fused-ring (bicyclic) bond motifs is 1. The lowest BCUT2D eigenvalue weighted by molar-refractivity contribution is 0.328. The van der Waals surface area contributed by atoms with Crippen molar-refractivity contribution >= 4 is 16.6 Å². The number of ether oxygens (including phenoxy) is 1. The van der Waals surface area contributed by atoms with Crippen LogP contribution in [-0.4, -0.2) is 26.4 Å². The van der Waals surface area contributed by atoms with E-state index in [4.69, 9.17) is 10.5 Å². The first-order valence-electron chi connectivity index (χ1n) is 5.97. The van der Waals surface area contributed by atoms with Gasteiger partial charge in [-0.05, 0) is 13.0 Å². The number of nitrogens with zero attached hydrogens (tertiary/aromatic N) is 4. The predicted molar refractivity (Wildman–Crippen MR) is 72.2 cm³/mol. The second-order valence-electron chi connectivity index (χ2n) is 3.96. The molecule has 0 spiro atoms. The molecule has 2 heterocycles. The van der Waals surface area contributed by atoms with Gasteiger partial charge in [-0.3, -0.25) is 0 Å². The summed E-state index contributed by atoms with van der Waals surface area (Å²) in [5.74, 6) is 0.909. The molecule has 0 unspecified atom stereocenters. The summed E-state index contributed by atoms with van der Waals surface area (Å²) in [5.41, 5.74) is 7.37. The van der Waals surface area contributed by atoms with Crippen LogP contribution in [-0.2, 0) is 0 Å². The van der Waals surface area contributed by atoms with E-state index in [-0.39, 0.29) is 0 Å². The molecule has 0 amide bonds. The molecule has 0 atom stereocenters. The average Bonchev–Trinajstić information content (AvgIpc) is 2.85. The molecule has 6 nitrogen and oxygen atoms in total. The van der Waals surface area contributed by atoms with Crippen LogP contribution in [0.1, 0.15) is 6.92 Å². The topological polar surface area (TPSA) is 78.9 Å².